The standard InChI is InChI=1S/C11H13F3N2/c12-11(13,14)5-7-16-8-6-15-9-3-1-2-4-10(9)16/h1-4,15H,5-8H2. The lowest BCUT2D eigenvalue weighted by atomic mass is 10.2. The van der Waals surface area contributed by atoms with Gasteiger partial charge in [-0.3, -0.25) is 0 Å². The molecule has 16 heavy (non-hydrogen) atoms. The fourth-order valence-corrected chi connectivity index (χ4v) is 1.84. The molecule has 0 aliphatic carbocycles. The number of nitrogens with zero attached hydrogens (tertiary/aromatic N) is 1. The molecule has 0 bridgehead atoms. The molecule has 0 saturated heterocycles. The number of alkyl halides is 3. The van der Waals surface area contributed by atoms with Crippen molar-refractivity contribution in [1.82, 2.24) is 0 Å². The molecule has 1 N–H and O–H groups in total. The van der Waals surface area contributed by atoms with Crippen LogP contribution in [0.1, 0.15) is 6.42 Å². The van der Waals surface area contributed by atoms with Gasteiger partial charge in [0.05, 0.1) is 17.8 Å². The molecule has 0 radical (unpaired) electrons. The highest BCUT2D eigenvalue weighted by molar-refractivity contribution is 5.71. The molecule has 1 aliphatic heterocycles. The fourth-order valence-electron chi connectivity index (χ4n) is 1.84. The molecule has 0 aromatic heterocycles. The Balaban J connectivity index is 2.07. The largest absolute Gasteiger partial charge is 0.390 e. The zero-order valence-electron chi connectivity index (χ0n) is 8.72. The van der Waals surface area contributed by atoms with Crippen LogP contribution in [0.3, 0.4) is 0 Å². The molecule has 0 amide bonds. The van der Waals surface area contributed by atoms with Gasteiger partial charge in [0.15, 0.2) is 0 Å². The summed E-state index contributed by atoms with van der Waals surface area (Å²) in [6, 6.07) is 7.44. The number of fused-ring (bicyclic) bond motifs is 1. The first kappa shape index (κ1) is 11.1. The summed E-state index contributed by atoms with van der Waals surface area (Å²) in [5.74, 6) is 0. The number of rotatable bonds is 2. The van der Waals surface area contributed by atoms with E-state index in [9.17, 15) is 13.2 Å². The van der Waals surface area contributed by atoms with E-state index in [1.165, 1.54) is 0 Å². The summed E-state index contributed by atoms with van der Waals surface area (Å²) < 4.78 is 36.4. The van der Waals surface area contributed by atoms with Crippen LogP contribution in [-0.2, 0) is 0 Å². The molecule has 2 nitrogen and oxygen atoms in total. The number of halogens is 3. The van der Waals surface area contributed by atoms with E-state index in [0.29, 0.717) is 13.1 Å². The quantitative estimate of drug-likeness (QED) is 0.840. The summed E-state index contributed by atoms with van der Waals surface area (Å²) in [5, 5.41) is 3.17. The highest BCUT2D eigenvalue weighted by Gasteiger charge is 2.28. The third-order valence-electron chi connectivity index (χ3n) is 2.61. The van der Waals surface area contributed by atoms with Crippen molar-refractivity contribution in [3.05, 3.63) is 24.3 Å². The number of anilines is 2. The summed E-state index contributed by atoms with van der Waals surface area (Å²) in [7, 11) is 0. The minimum atomic E-state index is -4.08. The molecule has 1 heterocycles. The molecule has 0 saturated carbocycles. The molecule has 0 unspecified atom stereocenters. The van der Waals surface area contributed by atoms with Crippen molar-refractivity contribution in [2.45, 2.75) is 12.6 Å². The minimum Gasteiger partial charge on any atom is -0.382 e. The van der Waals surface area contributed by atoms with Gasteiger partial charge in [0.1, 0.15) is 0 Å². The van der Waals surface area contributed by atoms with Gasteiger partial charge in [-0.05, 0) is 12.1 Å². The lowest BCUT2D eigenvalue weighted by Gasteiger charge is -2.32. The van der Waals surface area contributed by atoms with Crippen molar-refractivity contribution >= 4 is 11.4 Å². The molecule has 1 aromatic carbocycles. The number of hydrogen-bond acceptors (Lipinski definition) is 2. The monoisotopic (exact) mass is 230 g/mol. The molecule has 2 rings (SSSR count). The van der Waals surface area contributed by atoms with Crippen molar-refractivity contribution in [1.29, 1.82) is 0 Å². The zero-order chi connectivity index (χ0) is 11.6. The van der Waals surface area contributed by atoms with E-state index in [2.05, 4.69) is 5.32 Å². The van der Waals surface area contributed by atoms with Crippen molar-refractivity contribution in [2.24, 2.45) is 0 Å². The molecule has 0 spiro atoms. The van der Waals surface area contributed by atoms with Crippen LogP contribution in [0.5, 0.6) is 0 Å². The third-order valence-corrected chi connectivity index (χ3v) is 2.61. The van der Waals surface area contributed by atoms with Gasteiger partial charge in [0.25, 0.3) is 0 Å². The highest BCUT2D eigenvalue weighted by atomic mass is 19.4. The van der Waals surface area contributed by atoms with Crippen LogP contribution in [0.25, 0.3) is 0 Å². The maximum absolute atomic E-state index is 12.1. The van der Waals surface area contributed by atoms with Crippen LogP contribution in [0.4, 0.5) is 24.5 Å². The van der Waals surface area contributed by atoms with Crippen LogP contribution in [0.15, 0.2) is 24.3 Å². The average molecular weight is 230 g/mol. The number of benzene rings is 1. The van der Waals surface area contributed by atoms with Gasteiger partial charge < -0.3 is 10.2 Å². The molecule has 1 aromatic rings. The van der Waals surface area contributed by atoms with Crippen molar-refractivity contribution < 1.29 is 13.2 Å². The summed E-state index contributed by atoms with van der Waals surface area (Å²) in [4.78, 5) is 1.78. The minimum absolute atomic E-state index is 0.0300. The Kier molecular flexibility index (Phi) is 2.94. The predicted molar refractivity (Wildman–Crippen MR) is 57.8 cm³/mol. The number of hydrogen-bond donors (Lipinski definition) is 1. The third kappa shape index (κ3) is 2.59. The number of nitrogens with one attached hydrogen (secondary N) is 1. The average Bonchev–Trinajstić information content (AvgIpc) is 2.25. The van der Waals surface area contributed by atoms with Crippen LogP contribution in [-0.4, -0.2) is 25.8 Å². The van der Waals surface area contributed by atoms with Crippen molar-refractivity contribution in [2.75, 3.05) is 29.9 Å². The molecular formula is C11H13F3N2. The highest BCUT2D eigenvalue weighted by Crippen LogP contribution is 2.30. The second kappa shape index (κ2) is 4.23. The summed E-state index contributed by atoms with van der Waals surface area (Å²) >= 11 is 0. The Morgan fingerprint density at radius 2 is 2.00 bits per heavy atom. The predicted octanol–water partition coefficient (Wildman–Crippen LogP) is 2.87. The van der Waals surface area contributed by atoms with E-state index in [0.717, 1.165) is 11.4 Å². The van der Waals surface area contributed by atoms with Gasteiger partial charge in [-0.1, -0.05) is 12.1 Å². The zero-order valence-corrected chi connectivity index (χ0v) is 8.72. The van der Waals surface area contributed by atoms with Gasteiger partial charge in [0, 0.05) is 19.6 Å². The molecule has 0 fully saturated rings. The molecule has 1 aliphatic rings. The first-order valence-electron chi connectivity index (χ1n) is 5.21. The van der Waals surface area contributed by atoms with E-state index in [4.69, 9.17) is 0 Å². The molecule has 88 valence electrons. The Bertz CT molecular complexity index is 362. The van der Waals surface area contributed by atoms with Gasteiger partial charge in [-0.25, -0.2) is 0 Å². The normalized spacial score (nSPS) is 15.6. The van der Waals surface area contributed by atoms with Crippen molar-refractivity contribution in [3.8, 4) is 0 Å². The molecule has 5 heteroatoms. The lowest BCUT2D eigenvalue weighted by molar-refractivity contribution is -0.132. The SMILES string of the molecule is FC(F)(F)CCN1CCNc2ccccc21. The molecular weight excluding hydrogens is 217 g/mol. The fraction of sp³-hybridized carbons (Fsp3) is 0.455. The van der Waals surface area contributed by atoms with E-state index in [1.54, 1.807) is 4.90 Å². The second-order valence-corrected chi connectivity index (χ2v) is 3.80. The first-order chi connectivity index (χ1) is 7.56. The smallest absolute Gasteiger partial charge is 0.382 e. The maximum atomic E-state index is 12.1. The second-order valence-electron chi connectivity index (χ2n) is 3.80. The first-order valence-corrected chi connectivity index (χ1v) is 5.21. The van der Waals surface area contributed by atoms with E-state index in [-0.39, 0.29) is 6.54 Å². The van der Waals surface area contributed by atoms with Gasteiger partial charge in [-0.2, -0.15) is 13.2 Å². The Morgan fingerprint density at radius 3 is 2.75 bits per heavy atom. The van der Waals surface area contributed by atoms with Crippen LogP contribution in [0, 0.1) is 0 Å². The Morgan fingerprint density at radius 1 is 1.25 bits per heavy atom. The summed E-state index contributed by atoms with van der Waals surface area (Å²) in [6.07, 6.45) is -4.85. The van der Waals surface area contributed by atoms with Crippen LogP contribution >= 0.6 is 0 Å². The Hall–Kier alpha value is -1.39. The number of para-hydroxylation sites is 2. The van der Waals surface area contributed by atoms with Crippen molar-refractivity contribution in [3.63, 3.8) is 0 Å². The van der Waals surface area contributed by atoms with E-state index < -0.39 is 12.6 Å². The lowest BCUT2D eigenvalue weighted by Crippen LogP contribution is -2.36. The summed E-state index contributed by atoms with van der Waals surface area (Å²) in [6.45, 7) is 1.34. The van der Waals surface area contributed by atoms with Crippen LogP contribution < -0.4 is 10.2 Å². The van der Waals surface area contributed by atoms with Gasteiger partial charge in [0.2, 0.25) is 0 Å². The topological polar surface area (TPSA) is 15.3 Å². The van der Waals surface area contributed by atoms with E-state index in [1.807, 2.05) is 24.3 Å². The van der Waals surface area contributed by atoms with Gasteiger partial charge >= 0.3 is 6.18 Å². The molecule has 0 atom stereocenters. The van der Waals surface area contributed by atoms with Crippen LogP contribution in [0.2, 0.25) is 0 Å². The van der Waals surface area contributed by atoms with E-state index >= 15 is 0 Å². The summed E-state index contributed by atoms with van der Waals surface area (Å²) in [5.41, 5.74) is 1.77. The Labute approximate surface area is 92.1 Å². The maximum Gasteiger partial charge on any atom is 0.390 e. The van der Waals surface area contributed by atoms with Gasteiger partial charge in [-0.15, -0.1) is 0 Å².